The Morgan fingerprint density at radius 2 is 1.89 bits per heavy atom. The second kappa shape index (κ2) is 12.4. The number of aliphatic imine (C=N–C) groups is 1. The van der Waals surface area contributed by atoms with Gasteiger partial charge in [-0.2, -0.15) is 0 Å². The summed E-state index contributed by atoms with van der Waals surface area (Å²) in [5.41, 5.74) is 1.11. The number of guanidine groups is 1. The quantitative estimate of drug-likeness (QED) is 0.375. The molecule has 0 saturated carbocycles. The van der Waals surface area contributed by atoms with Gasteiger partial charge in [0, 0.05) is 56.5 Å². The number of nitrogens with zero attached hydrogens (tertiary/aromatic N) is 2. The van der Waals surface area contributed by atoms with Gasteiger partial charge in [-0.1, -0.05) is 23.2 Å². The molecule has 1 fully saturated rings. The van der Waals surface area contributed by atoms with Gasteiger partial charge in [0.2, 0.25) is 0 Å². The van der Waals surface area contributed by atoms with Gasteiger partial charge < -0.3 is 19.7 Å². The highest BCUT2D eigenvalue weighted by Gasteiger charge is 2.21. The van der Waals surface area contributed by atoms with Crippen molar-refractivity contribution in [3.05, 3.63) is 33.8 Å². The molecule has 7 heteroatoms. The highest BCUT2D eigenvalue weighted by atomic mass is 35.5. The van der Waals surface area contributed by atoms with E-state index >= 15 is 0 Å². The summed E-state index contributed by atoms with van der Waals surface area (Å²) in [5, 5.41) is 4.74. The number of ether oxygens (including phenoxy) is 2. The standard InChI is InChI=1S/C20H31Cl2N3O2/c1-3-23-20(24-8-5-16-13-17(21)15-18(22)14-16)25-9-6-19(7-10-25)27-12-4-11-26-2/h13-15,19H,3-12H2,1-2H3,(H,23,24). The van der Waals surface area contributed by atoms with E-state index in [1.54, 1.807) is 13.2 Å². The van der Waals surface area contributed by atoms with E-state index in [4.69, 9.17) is 37.7 Å². The second-order valence-corrected chi connectivity index (χ2v) is 7.54. The van der Waals surface area contributed by atoms with Gasteiger partial charge in [0.05, 0.1) is 6.10 Å². The molecule has 1 saturated heterocycles. The lowest BCUT2D eigenvalue weighted by molar-refractivity contribution is 0.00991. The van der Waals surface area contributed by atoms with E-state index in [1.165, 1.54) is 0 Å². The van der Waals surface area contributed by atoms with Crippen LogP contribution in [0.1, 0.15) is 31.7 Å². The lowest BCUT2D eigenvalue weighted by Crippen LogP contribution is -2.47. The van der Waals surface area contributed by atoms with Crippen molar-refractivity contribution < 1.29 is 9.47 Å². The Bertz CT molecular complexity index is 570. The van der Waals surface area contributed by atoms with E-state index in [0.717, 1.165) is 70.1 Å². The lowest BCUT2D eigenvalue weighted by Gasteiger charge is -2.34. The zero-order valence-electron chi connectivity index (χ0n) is 16.3. The van der Waals surface area contributed by atoms with Crippen LogP contribution in [0.15, 0.2) is 23.2 Å². The number of likely N-dealkylation sites (tertiary alicyclic amines) is 1. The maximum absolute atomic E-state index is 6.07. The van der Waals surface area contributed by atoms with Crippen LogP contribution in [0.2, 0.25) is 10.0 Å². The summed E-state index contributed by atoms with van der Waals surface area (Å²) in [6.07, 6.45) is 4.17. The number of halogens is 2. The topological polar surface area (TPSA) is 46.1 Å². The van der Waals surface area contributed by atoms with Gasteiger partial charge >= 0.3 is 0 Å². The molecule has 1 N–H and O–H groups in total. The number of hydrogen-bond acceptors (Lipinski definition) is 3. The monoisotopic (exact) mass is 415 g/mol. The summed E-state index contributed by atoms with van der Waals surface area (Å²) in [7, 11) is 1.72. The van der Waals surface area contributed by atoms with Crippen LogP contribution in [0.4, 0.5) is 0 Å². The predicted molar refractivity (Wildman–Crippen MR) is 113 cm³/mol. The lowest BCUT2D eigenvalue weighted by atomic mass is 10.1. The fraction of sp³-hybridized carbons (Fsp3) is 0.650. The molecule has 0 amide bonds. The molecule has 1 aliphatic rings. The molecule has 0 unspecified atom stereocenters. The average Bonchev–Trinajstić information content (AvgIpc) is 2.64. The van der Waals surface area contributed by atoms with Crippen LogP contribution < -0.4 is 5.32 Å². The molecule has 0 spiro atoms. The highest BCUT2D eigenvalue weighted by Crippen LogP contribution is 2.19. The molecule has 0 radical (unpaired) electrons. The van der Waals surface area contributed by atoms with Crippen molar-refractivity contribution in [3.63, 3.8) is 0 Å². The van der Waals surface area contributed by atoms with E-state index in [9.17, 15) is 0 Å². The van der Waals surface area contributed by atoms with Gasteiger partial charge in [0.15, 0.2) is 5.96 Å². The molecule has 152 valence electrons. The summed E-state index contributed by atoms with van der Waals surface area (Å²) in [6.45, 7) is 7.11. The second-order valence-electron chi connectivity index (χ2n) is 6.67. The van der Waals surface area contributed by atoms with Crippen molar-refractivity contribution in [2.24, 2.45) is 4.99 Å². The number of benzene rings is 1. The Morgan fingerprint density at radius 1 is 1.19 bits per heavy atom. The zero-order chi connectivity index (χ0) is 19.5. The largest absolute Gasteiger partial charge is 0.385 e. The fourth-order valence-electron chi connectivity index (χ4n) is 3.16. The van der Waals surface area contributed by atoms with E-state index in [2.05, 4.69) is 17.1 Å². The molecule has 1 aromatic rings. The zero-order valence-corrected chi connectivity index (χ0v) is 17.9. The number of nitrogens with one attached hydrogen (secondary N) is 1. The molecule has 1 aromatic carbocycles. The Hall–Kier alpha value is -1.01. The third kappa shape index (κ3) is 8.26. The summed E-state index contributed by atoms with van der Waals surface area (Å²) < 4.78 is 11.0. The van der Waals surface area contributed by atoms with Crippen molar-refractivity contribution in [3.8, 4) is 0 Å². The summed E-state index contributed by atoms with van der Waals surface area (Å²) >= 11 is 12.1. The molecule has 27 heavy (non-hydrogen) atoms. The number of hydrogen-bond donors (Lipinski definition) is 1. The van der Waals surface area contributed by atoms with Crippen molar-refractivity contribution in [2.45, 2.75) is 38.7 Å². The first kappa shape index (κ1) is 22.3. The molecule has 1 aliphatic heterocycles. The molecule has 0 atom stereocenters. The summed E-state index contributed by atoms with van der Waals surface area (Å²) in [6, 6.07) is 5.64. The molecule has 0 aliphatic carbocycles. The molecule has 2 rings (SSSR count). The van der Waals surface area contributed by atoms with Gasteiger partial charge in [-0.25, -0.2) is 0 Å². The van der Waals surface area contributed by atoms with Crippen LogP contribution in [0.25, 0.3) is 0 Å². The van der Waals surface area contributed by atoms with E-state index in [1.807, 2.05) is 12.1 Å². The maximum Gasteiger partial charge on any atom is 0.193 e. The smallest absolute Gasteiger partial charge is 0.193 e. The minimum atomic E-state index is 0.342. The van der Waals surface area contributed by atoms with Crippen molar-refractivity contribution in [2.75, 3.05) is 46.5 Å². The van der Waals surface area contributed by atoms with Crippen LogP contribution in [0.5, 0.6) is 0 Å². The van der Waals surface area contributed by atoms with Gasteiger partial charge in [0.1, 0.15) is 0 Å². The Kier molecular flexibility index (Phi) is 10.3. The van der Waals surface area contributed by atoms with Crippen LogP contribution in [-0.4, -0.2) is 63.5 Å². The third-order valence-corrected chi connectivity index (χ3v) is 4.94. The number of methoxy groups -OCH3 is 1. The van der Waals surface area contributed by atoms with Gasteiger partial charge in [-0.3, -0.25) is 4.99 Å². The van der Waals surface area contributed by atoms with Crippen LogP contribution >= 0.6 is 23.2 Å². The van der Waals surface area contributed by atoms with Crippen LogP contribution in [0.3, 0.4) is 0 Å². The van der Waals surface area contributed by atoms with Crippen molar-refractivity contribution in [1.29, 1.82) is 0 Å². The van der Waals surface area contributed by atoms with Crippen LogP contribution in [0, 0.1) is 0 Å². The predicted octanol–water partition coefficient (Wildman–Crippen LogP) is 4.02. The van der Waals surface area contributed by atoms with Gasteiger partial charge in [-0.05, 0) is 56.4 Å². The van der Waals surface area contributed by atoms with Gasteiger partial charge in [0.25, 0.3) is 0 Å². The Balaban J connectivity index is 1.81. The highest BCUT2D eigenvalue weighted by molar-refractivity contribution is 6.34. The minimum Gasteiger partial charge on any atom is -0.385 e. The van der Waals surface area contributed by atoms with E-state index < -0.39 is 0 Å². The SMILES string of the molecule is CCNC(=NCCc1cc(Cl)cc(Cl)c1)N1CCC(OCCCOC)CC1. The molecular formula is C20H31Cl2N3O2. The van der Waals surface area contributed by atoms with Gasteiger partial charge in [-0.15, -0.1) is 0 Å². The molecule has 0 bridgehead atoms. The number of piperidine rings is 1. The maximum atomic E-state index is 6.07. The first-order chi connectivity index (χ1) is 13.1. The molecule has 0 aromatic heterocycles. The van der Waals surface area contributed by atoms with Crippen molar-refractivity contribution >= 4 is 29.2 Å². The van der Waals surface area contributed by atoms with E-state index in [0.29, 0.717) is 22.7 Å². The summed E-state index contributed by atoms with van der Waals surface area (Å²) in [5.74, 6) is 0.975. The number of rotatable bonds is 9. The Labute approximate surface area is 173 Å². The average molecular weight is 416 g/mol. The van der Waals surface area contributed by atoms with Crippen LogP contribution in [-0.2, 0) is 15.9 Å². The Morgan fingerprint density at radius 3 is 2.52 bits per heavy atom. The molecular weight excluding hydrogens is 385 g/mol. The minimum absolute atomic E-state index is 0.342. The first-order valence-corrected chi connectivity index (χ1v) is 10.5. The fourth-order valence-corrected chi connectivity index (χ4v) is 3.73. The summed E-state index contributed by atoms with van der Waals surface area (Å²) in [4.78, 5) is 7.11. The third-order valence-electron chi connectivity index (χ3n) is 4.51. The first-order valence-electron chi connectivity index (χ1n) is 9.71. The normalized spacial score (nSPS) is 16.0. The molecule has 1 heterocycles. The molecule has 5 nitrogen and oxygen atoms in total. The van der Waals surface area contributed by atoms with E-state index in [-0.39, 0.29) is 0 Å². The van der Waals surface area contributed by atoms with Crippen molar-refractivity contribution in [1.82, 2.24) is 10.2 Å².